The number of hydrogen-bond acceptors (Lipinski definition) is 5. The van der Waals surface area contributed by atoms with Gasteiger partial charge in [-0.25, -0.2) is 4.79 Å². The van der Waals surface area contributed by atoms with Crippen molar-refractivity contribution in [3.63, 3.8) is 0 Å². The zero-order valence-electron chi connectivity index (χ0n) is 17.0. The Bertz CT molecular complexity index is 768. The van der Waals surface area contributed by atoms with Crippen LogP contribution in [-0.4, -0.2) is 34.6 Å². The highest BCUT2D eigenvalue weighted by molar-refractivity contribution is 6.31. The number of alkyl carbamates (subject to hydrolysis) is 1. The lowest BCUT2D eigenvalue weighted by Crippen LogP contribution is -2.56. The summed E-state index contributed by atoms with van der Waals surface area (Å²) in [4.78, 5) is 35.7. The van der Waals surface area contributed by atoms with E-state index in [-0.39, 0.29) is 22.8 Å². The number of hydrogen-bond donors (Lipinski definition) is 2. The van der Waals surface area contributed by atoms with Gasteiger partial charge >= 0.3 is 6.09 Å². The van der Waals surface area contributed by atoms with Gasteiger partial charge in [-0.2, -0.15) is 0 Å². The highest BCUT2D eigenvalue weighted by Gasteiger charge is 2.35. The number of carbonyl (C=O) groups excluding carboxylic acids is 2. The Balaban J connectivity index is 2.16. The van der Waals surface area contributed by atoms with Gasteiger partial charge in [-0.05, 0) is 45.7 Å². The van der Waals surface area contributed by atoms with E-state index < -0.39 is 28.1 Å². The molecule has 0 heterocycles. The van der Waals surface area contributed by atoms with Crippen molar-refractivity contribution >= 4 is 29.3 Å². The molecule has 0 aromatic heterocycles. The topological polar surface area (TPSA) is 111 Å². The Morgan fingerprint density at radius 3 is 2.38 bits per heavy atom. The van der Waals surface area contributed by atoms with Crippen molar-refractivity contribution in [3.05, 3.63) is 38.9 Å². The molecule has 1 saturated carbocycles. The number of ether oxygens (including phenoxy) is 1. The van der Waals surface area contributed by atoms with Crippen molar-refractivity contribution in [3.8, 4) is 0 Å². The highest BCUT2D eigenvalue weighted by atomic mass is 35.5. The van der Waals surface area contributed by atoms with Crippen LogP contribution in [0.4, 0.5) is 10.5 Å². The first-order chi connectivity index (χ1) is 13.5. The normalized spacial score (nSPS) is 16.4. The predicted molar refractivity (Wildman–Crippen MR) is 110 cm³/mol. The minimum absolute atomic E-state index is 0.0690. The third-order valence-electron chi connectivity index (χ3n) is 4.82. The van der Waals surface area contributed by atoms with Crippen LogP contribution < -0.4 is 10.6 Å². The van der Waals surface area contributed by atoms with Gasteiger partial charge in [0.25, 0.3) is 11.6 Å². The predicted octanol–water partition coefficient (Wildman–Crippen LogP) is 4.60. The van der Waals surface area contributed by atoms with Gasteiger partial charge in [0.2, 0.25) is 0 Å². The molecule has 0 spiro atoms. The molecule has 9 heteroatoms. The third kappa shape index (κ3) is 6.88. The molecule has 1 aromatic carbocycles. The number of rotatable bonds is 5. The summed E-state index contributed by atoms with van der Waals surface area (Å²) in [5, 5.41) is 17.2. The number of nitrogens with zero attached hydrogens (tertiary/aromatic N) is 1. The highest BCUT2D eigenvalue weighted by Crippen LogP contribution is 2.28. The summed E-state index contributed by atoms with van der Waals surface area (Å²) in [7, 11) is 0. The lowest BCUT2D eigenvalue weighted by atomic mass is 9.90. The average Bonchev–Trinajstić information content (AvgIpc) is 2.83. The van der Waals surface area contributed by atoms with Gasteiger partial charge in [0.1, 0.15) is 11.2 Å². The zero-order valence-corrected chi connectivity index (χ0v) is 17.8. The number of amides is 2. The number of halogens is 1. The van der Waals surface area contributed by atoms with Crippen molar-refractivity contribution in [2.45, 2.75) is 70.4 Å². The number of nitro benzene ring substituents is 1. The van der Waals surface area contributed by atoms with E-state index in [2.05, 4.69) is 10.6 Å². The van der Waals surface area contributed by atoms with Gasteiger partial charge in [0.05, 0.1) is 10.5 Å². The van der Waals surface area contributed by atoms with Crippen LogP contribution in [0.1, 0.15) is 69.7 Å². The number of benzene rings is 1. The Labute approximate surface area is 175 Å². The van der Waals surface area contributed by atoms with Gasteiger partial charge < -0.3 is 15.4 Å². The smallest absolute Gasteiger partial charge is 0.408 e. The quantitative estimate of drug-likeness (QED) is 0.407. The van der Waals surface area contributed by atoms with E-state index in [0.29, 0.717) is 12.8 Å². The molecule has 2 rings (SSSR count). The summed E-state index contributed by atoms with van der Waals surface area (Å²) in [6, 6.07) is 3.91. The summed E-state index contributed by atoms with van der Waals surface area (Å²) < 4.78 is 5.39. The molecule has 1 fully saturated rings. The molecule has 1 aromatic rings. The second-order valence-corrected chi connectivity index (χ2v) is 8.86. The molecule has 0 aliphatic heterocycles. The molecule has 160 valence electrons. The van der Waals surface area contributed by atoms with Crippen molar-refractivity contribution in [1.82, 2.24) is 10.6 Å². The summed E-state index contributed by atoms with van der Waals surface area (Å²) in [6.45, 7) is 5.51. The standard InChI is InChI=1S/C20H28ClN3O5/c1-19(2,3)29-18(26)23-20(10-6-4-5-7-11-20)13-22-17(25)15-9-8-14(21)12-16(15)24(27)28/h8-9,12H,4-7,10-11,13H2,1-3H3,(H,22,25)(H,23,26). The minimum Gasteiger partial charge on any atom is -0.444 e. The molecule has 2 N–H and O–H groups in total. The van der Waals surface area contributed by atoms with E-state index in [1.54, 1.807) is 20.8 Å². The number of nitro groups is 1. The second kappa shape index (κ2) is 9.43. The molecule has 0 atom stereocenters. The molecule has 0 saturated heterocycles. The van der Waals surface area contributed by atoms with Crippen LogP contribution >= 0.6 is 11.6 Å². The minimum atomic E-state index is -0.657. The molecule has 1 aliphatic rings. The summed E-state index contributed by atoms with van der Waals surface area (Å²) in [5.41, 5.74) is -1.72. The maximum atomic E-state index is 12.7. The Morgan fingerprint density at radius 1 is 1.21 bits per heavy atom. The molecule has 29 heavy (non-hydrogen) atoms. The van der Waals surface area contributed by atoms with Crippen molar-refractivity contribution in [2.24, 2.45) is 0 Å². The molecule has 1 aliphatic carbocycles. The number of carbonyl (C=O) groups is 2. The SMILES string of the molecule is CC(C)(C)OC(=O)NC1(CNC(=O)c2ccc(Cl)cc2[N+](=O)[O-])CCCCCC1. The van der Waals surface area contributed by atoms with Gasteiger partial charge in [0, 0.05) is 17.6 Å². The lowest BCUT2D eigenvalue weighted by molar-refractivity contribution is -0.385. The van der Waals surface area contributed by atoms with Crippen molar-refractivity contribution in [1.29, 1.82) is 0 Å². The second-order valence-electron chi connectivity index (χ2n) is 8.42. The van der Waals surface area contributed by atoms with E-state index in [4.69, 9.17) is 16.3 Å². The van der Waals surface area contributed by atoms with E-state index >= 15 is 0 Å². The first kappa shape index (κ1) is 22.9. The van der Waals surface area contributed by atoms with Crippen molar-refractivity contribution < 1.29 is 19.2 Å². The van der Waals surface area contributed by atoms with Gasteiger partial charge in [-0.1, -0.05) is 37.3 Å². The Hall–Kier alpha value is -2.35. The largest absolute Gasteiger partial charge is 0.444 e. The first-order valence-electron chi connectivity index (χ1n) is 9.75. The van der Waals surface area contributed by atoms with Crippen LogP contribution in [0.3, 0.4) is 0 Å². The van der Waals surface area contributed by atoms with Crippen LogP contribution in [0.15, 0.2) is 18.2 Å². The Morgan fingerprint density at radius 2 is 1.83 bits per heavy atom. The van der Waals surface area contributed by atoms with E-state index in [9.17, 15) is 19.7 Å². The molecule has 8 nitrogen and oxygen atoms in total. The lowest BCUT2D eigenvalue weighted by Gasteiger charge is -2.35. The summed E-state index contributed by atoms with van der Waals surface area (Å²) in [5.74, 6) is -0.581. The van der Waals surface area contributed by atoms with Crippen molar-refractivity contribution in [2.75, 3.05) is 6.54 Å². The van der Waals surface area contributed by atoms with Gasteiger partial charge in [0.15, 0.2) is 0 Å². The molecule has 2 amide bonds. The van der Waals surface area contributed by atoms with Gasteiger partial charge in [-0.3, -0.25) is 14.9 Å². The van der Waals surface area contributed by atoms with Crippen LogP contribution in [0.5, 0.6) is 0 Å². The summed E-state index contributed by atoms with van der Waals surface area (Å²) in [6.07, 6.45) is 4.76. The maximum Gasteiger partial charge on any atom is 0.408 e. The van der Waals surface area contributed by atoms with Crippen LogP contribution in [-0.2, 0) is 4.74 Å². The van der Waals surface area contributed by atoms with Gasteiger partial charge in [-0.15, -0.1) is 0 Å². The van der Waals surface area contributed by atoms with Crippen LogP contribution in [0.2, 0.25) is 5.02 Å². The molecule has 0 radical (unpaired) electrons. The van der Waals surface area contributed by atoms with E-state index in [0.717, 1.165) is 31.7 Å². The monoisotopic (exact) mass is 425 g/mol. The first-order valence-corrected chi connectivity index (χ1v) is 10.1. The molecular formula is C20H28ClN3O5. The third-order valence-corrected chi connectivity index (χ3v) is 5.05. The fourth-order valence-corrected chi connectivity index (χ4v) is 3.63. The van der Waals surface area contributed by atoms with Crippen LogP contribution in [0.25, 0.3) is 0 Å². The number of nitrogens with one attached hydrogen (secondary N) is 2. The fourth-order valence-electron chi connectivity index (χ4n) is 3.46. The fraction of sp³-hybridized carbons (Fsp3) is 0.600. The van der Waals surface area contributed by atoms with Crippen LogP contribution in [0, 0.1) is 10.1 Å². The molecule has 0 bridgehead atoms. The zero-order chi connectivity index (χ0) is 21.7. The Kier molecular flexibility index (Phi) is 7.46. The molecular weight excluding hydrogens is 398 g/mol. The maximum absolute atomic E-state index is 12.7. The van der Waals surface area contributed by atoms with E-state index in [1.807, 2.05) is 0 Å². The molecule has 0 unspecified atom stereocenters. The van der Waals surface area contributed by atoms with E-state index in [1.165, 1.54) is 12.1 Å². The summed E-state index contributed by atoms with van der Waals surface area (Å²) >= 11 is 5.82. The average molecular weight is 426 g/mol.